The summed E-state index contributed by atoms with van der Waals surface area (Å²) in [5, 5.41) is 4.07. The summed E-state index contributed by atoms with van der Waals surface area (Å²) >= 11 is 0. The van der Waals surface area contributed by atoms with Gasteiger partial charge in [0.15, 0.2) is 0 Å². The zero-order chi connectivity index (χ0) is 25.9. The van der Waals surface area contributed by atoms with Crippen LogP contribution < -0.4 is 15.4 Å². The van der Waals surface area contributed by atoms with E-state index in [1.807, 2.05) is 11.4 Å². The van der Waals surface area contributed by atoms with Crippen LogP contribution in [0.15, 0.2) is 60.7 Å². The molecular weight excluding hydrogens is 483 g/mol. The average molecular weight is 504 g/mol. The topological polar surface area (TPSA) is 67.4 Å². The zero-order valence-electron chi connectivity index (χ0n) is 18.8. The summed E-state index contributed by atoms with van der Waals surface area (Å²) in [6, 6.07) is 11.1. The van der Waals surface area contributed by atoms with E-state index in [1.54, 1.807) is 18.2 Å². The molecule has 1 saturated carbocycles. The molecule has 0 radical (unpaired) electrons. The Balaban J connectivity index is 1.37. The first-order valence-electron chi connectivity index (χ1n) is 11.1. The van der Waals surface area contributed by atoms with E-state index < -0.39 is 35.1 Å². The number of benzene rings is 3. The zero-order valence-corrected chi connectivity index (χ0v) is 18.8. The smallest absolute Gasteiger partial charge is 0.416 e. The molecule has 2 N–H and O–H groups in total. The maximum absolute atomic E-state index is 14.5. The van der Waals surface area contributed by atoms with Crippen molar-refractivity contribution in [2.45, 2.75) is 31.9 Å². The van der Waals surface area contributed by atoms with E-state index in [9.17, 15) is 31.5 Å². The summed E-state index contributed by atoms with van der Waals surface area (Å²) in [4.78, 5) is 24.0. The largest absolute Gasteiger partial charge is 0.457 e. The number of rotatable bonds is 8. The highest BCUT2D eigenvalue weighted by atomic mass is 19.4. The Hall–Kier alpha value is -3.95. The van der Waals surface area contributed by atoms with Crippen molar-refractivity contribution >= 4 is 23.2 Å². The van der Waals surface area contributed by atoms with Crippen molar-refractivity contribution in [1.82, 2.24) is 0 Å². The molecule has 0 spiro atoms. The molecule has 10 heteroatoms. The number of carbonyl (C=O) groups is 2. The molecule has 0 aromatic heterocycles. The van der Waals surface area contributed by atoms with Crippen molar-refractivity contribution in [2.75, 3.05) is 10.6 Å². The molecule has 1 aliphatic carbocycles. The molecular formula is C26H21F5N2O3. The molecule has 0 unspecified atom stereocenters. The molecule has 0 aliphatic heterocycles. The molecule has 0 saturated heterocycles. The first-order chi connectivity index (χ1) is 17.1. The van der Waals surface area contributed by atoms with Gasteiger partial charge in [-0.25, -0.2) is 13.6 Å². The second kappa shape index (κ2) is 10.3. The molecule has 1 fully saturated rings. The third-order valence-corrected chi connectivity index (χ3v) is 5.56. The maximum atomic E-state index is 14.5. The fourth-order valence-electron chi connectivity index (χ4n) is 3.51. The second-order valence-electron chi connectivity index (χ2n) is 8.40. The van der Waals surface area contributed by atoms with Gasteiger partial charge in [-0.05, 0) is 67.3 Å². The molecule has 0 bridgehead atoms. The van der Waals surface area contributed by atoms with E-state index in [1.165, 1.54) is 12.1 Å². The van der Waals surface area contributed by atoms with E-state index in [4.69, 9.17) is 4.74 Å². The normalized spacial score (nSPS) is 13.2. The van der Waals surface area contributed by atoms with E-state index in [2.05, 4.69) is 5.32 Å². The molecule has 36 heavy (non-hydrogen) atoms. The van der Waals surface area contributed by atoms with Gasteiger partial charge in [0.05, 0.1) is 16.9 Å². The second-order valence-corrected chi connectivity index (χ2v) is 8.40. The Labute approximate surface area is 203 Å². The number of amides is 2. The summed E-state index contributed by atoms with van der Waals surface area (Å²) in [5.74, 6) is -0.935. The average Bonchev–Trinajstić information content (AvgIpc) is 3.66. The predicted octanol–water partition coefficient (Wildman–Crippen LogP) is 7.33. The molecule has 0 atom stereocenters. The Morgan fingerprint density at radius 1 is 0.861 bits per heavy atom. The summed E-state index contributed by atoms with van der Waals surface area (Å²) in [5.41, 5.74) is -1.25. The number of urea groups is 1. The minimum Gasteiger partial charge on any atom is -0.457 e. The first kappa shape index (κ1) is 25.2. The number of ketones is 1. The van der Waals surface area contributed by atoms with E-state index in [0.717, 1.165) is 24.5 Å². The van der Waals surface area contributed by atoms with Crippen molar-refractivity contribution in [3.63, 3.8) is 0 Å². The SMILES string of the molecule is O=C(Nc1ccc(Oc2cccc(CCC(=O)C3CC3)c2)cc1F)Nc1cc(C(F)(F)F)ccc1F. The molecule has 3 aromatic carbocycles. The Kier molecular flexibility index (Phi) is 7.23. The van der Waals surface area contributed by atoms with Crippen molar-refractivity contribution in [3.05, 3.63) is 83.4 Å². The van der Waals surface area contributed by atoms with Gasteiger partial charge in [-0.1, -0.05) is 12.1 Å². The van der Waals surface area contributed by atoms with E-state index in [-0.39, 0.29) is 23.1 Å². The van der Waals surface area contributed by atoms with Crippen LogP contribution >= 0.6 is 0 Å². The number of carbonyl (C=O) groups excluding carboxylic acids is 2. The summed E-state index contributed by atoms with van der Waals surface area (Å²) in [6.07, 6.45) is -1.78. The number of halogens is 5. The third-order valence-electron chi connectivity index (χ3n) is 5.56. The number of hydrogen-bond donors (Lipinski definition) is 2. The fourth-order valence-corrected chi connectivity index (χ4v) is 3.51. The molecule has 3 aromatic rings. The standard InChI is InChI=1S/C26H21F5N2O3/c27-20-9-7-17(26(29,30)31)13-23(20)33-25(35)32-22-10-8-19(14-21(22)28)36-18-3-1-2-15(12-18)4-11-24(34)16-5-6-16/h1-3,7-10,12-14,16H,4-6,11H2,(H2,32,33,35). The van der Waals surface area contributed by atoms with Crippen molar-refractivity contribution in [3.8, 4) is 11.5 Å². The van der Waals surface area contributed by atoms with Crippen LogP contribution in [-0.4, -0.2) is 11.8 Å². The van der Waals surface area contributed by atoms with Gasteiger partial charge in [-0.3, -0.25) is 4.79 Å². The van der Waals surface area contributed by atoms with Crippen molar-refractivity contribution in [2.24, 2.45) is 5.92 Å². The third kappa shape index (κ3) is 6.59. The van der Waals surface area contributed by atoms with Gasteiger partial charge in [0.1, 0.15) is 28.9 Å². The summed E-state index contributed by atoms with van der Waals surface area (Å²) < 4.78 is 72.5. The maximum Gasteiger partial charge on any atom is 0.416 e. The van der Waals surface area contributed by atoms with Crippen LogP contribution in [0, 0.1) is 17.6 Å². The Morgan fingerprint density at radius 2 is 1.58 bits per heavy atom. The van der Waals surface area contributed by atoms with Crippen LogP contribution in [0.25, 0.3) is 0 Å². The lowest BCUT2D eigenvalue weighted by Crippen LogP contribution is -2.21. The molecule has 0 heterocycles. The summed E-state index contributed by atoms with van der Waals surface area (Å²) in [7, 11) is 0. The lowest BCUT2D eigenvalue weighted by Gasteiger charge is -2.13. The van der Waals surface area contributed by atoms with Gasteiger partial charge in [0.25, 0.3) is 0 Å². The number of nitrogens with one attached hydrogen (secondary N) is 2. The van der Waals surface area contributed by atoms with E-state index >= 15 is 0 Å². The monoisotopic (exact) mass is 504 g/mol. The minimum atomic E-state index is -4.73. The number of hydrogen-bond acceptors (Lipinski definition) is 3. The number of anilines is 2. The molecule has 5 nitrogen and oxygen atoms in total. The Bertz CT molecular complexity index is 1290. The highest BCUT2D eigenvalue weighted by molar-refractivity contribution is 6.00. The highest BCUT2D eigenvalue weighted by Gasteiger charge is 2.31. The molecule has 188 valence electrons. The van der Waals surface area contributed by atoms with Gasteiger partial charge in [0, 0.05) is 18.4 Å². The quantitative estimate of drug-likeness (QED) is 0.316. The number of Topliss-reactive ketones (excluding diaryl/α,β-unsaturated/α-hetero) is 1. The van der Waals surface area contributed by atoms with Crippen LogP contribution in [0.5, 0.6) is 11.5 Å². The van der Waals surface area contributed by atoms with Gasteiger partial charge in [0.2, 0.25) is 0 Å². The van der Waals surface area contributed by atoms with Crippen LogP contribution in [0.1, 0.15) is 30.4 Å². The van der Waals surface area contributed by atoms with Crippen LogP contribution in [0.2, 0.25) is 0 Å². The Morgan fingerprint density at radius 3 is 2.28 bits per heavy atom. The van der Waals surface area contributed by atoms with Crippen molar-refractivity contribution in [1.29, 1.82) is 0 Å². The summed E-state index contributed by atoms with van der Waals surface area (Å²) in [6.45, 7) is 0. The lowest BCUT2D eigenvalue weighted by molar-refractivity contribution is -0.137. The van der Waals surface area contributed by atoms with E-state index in [0.29, 0.717) is 36.8 Å². The highest BCUT2D eigenvalue weighted by Crippen LogP contribution is 2.33. The minimum absolute atomic E-state index is 0.133. The number of alkyl halides is 3. The van der Waals surface area contributed by atoms with Crippen LogP contribution in [-0.2, 0) is 17.4 Å². The fraction of sp³-hybridized carbons (Fsp3) is 0.231. The molecule has 1 aliphatic rings. The number of ether oxygens (including phenoxy) is 1. The molecule has 4 rings (SSSR count). The van der Waals surface area contributed by atoms with Gasteiger partial charge >= 0.3 is 12.2 Å². The number of aryl methyl sites for hydroxylation is 1. The van der Waals surface area contributed by atoms with Crippen molar-refractivity contribution < 1.29 is 36.3 Å². The lowest BCUT2D eigenvalue weighted by atomic mass is 10.1. The van der Waals surface area contributed by atoms with Crippen LogP contribution in [0.4, 0.5) is 38.1 Å². The van der Waals surface area contributed by atoms with Gasteiger partial charge in [-0.2, -0.15) is 13.2 Å². The van der Waals surface area contributed by atoms with Gasteiger partial charge in [-0.15, -0.1) is 0 Å². The van der Waals surface area contributed by atoms with Gasteiger partial charge < -0.3 is 15.4 Å². The molecule has 2 amide bonds. The first-order valence-corrected chi connectivity index (χ1v) is 11.1. The predicted molar refractivity (Wildman–Crippen MR) is 123 cm³/mol. The van der Waals surface area contributed by atoms with Crippen LogP contribution in [0.3, 0.4) is 0 Å².